The van der Waals surface area contributed by atoms with Crippen LogP contribution in [0, 0.1) is 19.1 Å². The van der Waals surface area contributed by atoms with Gasteiger partial charge in [0.25, 0.3) is 0 Å². The molecule has 0 amide bonds. The number of rotatable bonds is 4. The van der Waals surface area contributed by atoms with Crippen LogP contribution in [-0.4, -0.2) is 11.4 Å². The quantitative estimate of drug-likeness (QED) is 0.426. The van der Waals surface area contributed by atoms with Crippen molar-refractivity contribution >= 4 is 5.69 Å². The molecule has 0 fully saturated rings. The van der Waals surface area contributed by atoms with Gasteiger partial charge in [0.15, 0.2) is 0 Å². The fourth-order valence-electron chi connectivity index (χ4n) is 4.23. The maximum Gasteiger partial charge on any atom is 0.143 e. The Bertz CT molecular complexity index is 948. The van der Waals surface area contributed by atoms with Gasteiger partial charge in [-0.1, -0.05) is 78.9 Å². The van der Waals surface area contributed by atoms with E-state index in [-0.39, 0.29) is 6.04 Å². The van der Waals surface area contributed by atoms with Gasteiger partial charge in [-0.25, -0.2) is 0 Å². The lowest BCUT2D eigenvalue weighted by Crippen LogP contribution is -2.50. The van der Waals surface area contributed by atoms with Crippen molar-refractivity contribution in [2.45, 2.75) is 26.4 Å². The second-order valence-corrected chi connectivity index (χ2v) is 7.59. The molecule has 3 heteroatoms. The average Bonchev–Trinajstić information content (AvgIpc) is 2.71. The first-order chi connectivity index (χ1) is 13.6. The zero-order chi connectivity index (χ0) is 19.6. The highest BCUT2D eigenvalue weighted by Gasteiger charge is 2.37. The molecule has 2 unspecified atom stereocenters. The molecule has 1 aliphatic rings. The molecule has 142 valence electrons. The van der Waals surface area contributed by atoms with E-state index in [9.17, 15) is 5.21 Å². The summed E-state index contributed by atoms with van der Waals surface area (Å²) in [6.07, 6.45) is 3.80. The van der Waals surface area contributed by atoms with E-state index in [0.717, 1.165) is 28.9 Å². The third kappa shape index (κ3) is 3.47. The Morgan fingerprint density at radius 3 is 2.11 bits per heavy atom. The second-order valence-electron chi connectivity index (χ2n) is 7.59. The summed E-state index contributed by atoms with van der Waals surface area (Å²) in [7, 11) is 0. The lowest BCUT2D eigenvalue weighted by Gasteiger charge is -2.50. The van der Waals surface area contributed by atoms with Gasteiger partial charge in [0.1, 0.15) is 17.9 Å². The van der Waals surface area contributed by atoms with Gasteiger partial charge in [-0.3, -0.25) is 4.65 Å². The van der Waals surface area contributed by atoms with Gasteiger partial charge in [0, 0.05) is 23.2 Å². The Labute approximate surface area is 167 Å². The number of para-hydroxylation sites is 1. The number of nitrogens with zero attached hydrogens (tertiary/aromatic N) is 2. The van der Waals surface area contributed by atoms with Crippen molar-refractivity contribution in [1.29, 1.82) is 0 Å². The van der Waals surface area contributed by atoms with E-state index in [2.05, 4.69) is 41.3 Å². The van der Waals surface area contributed by atoms with Crippen molar-refractivity contribution in [3.8, 4) is 0 Å². The third-order valence-corrected chi connectivity index (χ3v) is 5.57. The normalized spacial score (nSPS) is 21.7. The molecular weight excluding hydrogens is 344 g/mol. The summed E-state index contributed by atoms with van der Waals surface area (Å²) >= 11 is 0. The summed E-state index contributed by atoms with van der Waals surface area (Å²) in [5, 5.41) is 14.3. The zero-order valence-electron chi connectivity index (χ0n) is 16.5. The minimum atomic E-state index is -0.451. The van der Waals surface area contributed by atoms with Crippen LogP contribution in [-0.2, 0) is 6.54 Å². The molecule has 2 atom stereocenters. The van der Waals surface area contributed by atoms with Gasteiger partial charge in [0.2, 0.25) is 0 Å². The molecule has 3 nitrogen and oxygen atoms in total. The molecule has 3 aromatic rings. The topological polar surface area (TPSA) is 26.3 Å². The Hall–Kier alpha value is -2.88. The monoisotopic (exact) mass is 370 g/mol. The smallest absolute Gasteiger partial charge is 0.143 e. The highest BCUT2D eigenvalue weighted by atomic mass is 16.5. The van der Waals surface area contributed by atoms with Crippen molar-refractivity contribution in [2.24, 2.45) is 0 Å². The second kappa shape index (κ2) is 7.63. The molecule has 0 bridgehead atoms. The SMILES string of the molecule is Cc1cccc(C)c1[N+]1([O-])C=CN(Cc2ccccc2)CC1c1ccccc1. The number of hydrogen-bond acceptors (Lipinski definition) is 2. The Balaban J connectivity index is 1.77. The minimum absolute atomic E-state index is 0.213. The van der Waals surface area contributed by atoms with Crippen molar-refractivity contribution in [1.82, 2.24) is 9.55 Å². The lowest BCUT2D eigenvalue weighted by atomic mass is 9.98. The summed E-state index contributed by atoms with van der Waals surface area (Å²) in [6, 6.07) is 26.5. The fourth-order valence-corrected chi connectivity index (χ4v) is 4.23. The molecule has 0 saturated heterocycles. The van der Waals surface area contributed by atoms with E-state index >= 15 is 0 Å². The molecule has 28 heavy (non-hydrogen) atoms. The first-order valence-electron chi connectivity index (χ1n) is 9.76. The van der Waals surface area contributed by atoms with E-state index in [1.165, 1.54) is 5.56 Å². The molecule has 0 aliphatic carbocycles. The third-order valence-electron chi connectivity index (χ3n) is 5.57. The van der Waals surface area contributed by atoms with Crippen LogP contribution in [0.1, 0.15) is 28.3 Å². The molecule has 1 heterocycles. The van der Waals surface area contributed by atoms with E-state index in [0.29, 0.717) is 6.54 Å². The lowest BCUT2D eigenvalue weighted by molar-refractivity contribution is 0.225. The summed E-state index contributed by atoms with van der Waals surface area (Å²) < 4.78 is -0.451. The van der Waals surface area contributed by atoms with Crippen LogP contribution < -0.4 is 4.65 Å². The fraction of sp³-hybridized carbons (Fsp3) is 0.200. The molecule has 0 saturated carbocycles. The number of hydrogen-bond donors (Lipinski definition) is 0. The van der Waals surface area contributed by atoms with Crippen LogP contribution in [0.2, 0.25) is 0 Å². The maximum atomic E-state index is 14.3. The maximum absolute atomic E-state index is 14.3. The minimum Gasteiger partial charge on any atom is -0.622 e. The van der Waals surface area contributed by atoms with Gasteiger partial charge in [-0.05, 0) is 19.4 Å². The van der Waals surface area contributed by atoms with Crippen LogP contribution >= 0.6 is 0 Å². The van der Waals surface area contributed by atoms with Crippen LogP contribution in [0.3, 0.4) is 0 Å². The summed E-state index contributed by atoms with van der Waals surface area (Å²) in [5.41, 5.74) is 5.25. The summed E-state index contributed by atoms with van der Waals surface area (Å²) in [6.45, 7) is 5.54. The molecule has 0 spiro atoms. The van der Waals surface area contributed by atoms with Gasteiger partial charge < -0.3 is 10.1 Å². The number of aryl methyl sites for hydroxylation is 2. The van der Waals surface area contributed by atoms with E-state index in [4.69, 9.17) is 0 Å². The molecule has 0 aromatic heterocycles. The van der Waals surface area contributed by atoms with Crippen molar-refractivity contribution in [2.75, 3.05) is 6.54 Å². The number of benzene rings is 3. The number of quaternary nitrogens is 1. The predicted octanol–water partition coefficient (Wildman–Crippen LogP) is 5.84. The van der Waals surface area contributed by atoms with Crippen molar-refractivity contribution < 1.29 is 0 Å². The molecule has 4 rings (SSSR count). The summed E-state index contributed by atoms with van der Waals surface area (Å²) in [4.78, 5) is 2.25. The van der Waals surface area contributed by atoms with Crippen LogP contribution in [0.5, 0.6) is 0 Å². The van der Waals surface area contributed by atoms with Gasteiger partial charge in [-0.2, -0.15) is 0 Å². The predicted molar refractivity (Wildman–Crippen MR) is 116 cm³/mol. The standard InChI is InChI=1S/C25H26N2O/c1-20-10-9-11-21(2)25(20)27(28)17-16-26(18-22-12-5-3-6-13-22)19-24(27)23-14-7-4-8-15-23/h3-17,24H,18-19H2,1-2H3. The van der Waals surface area contributed by atoms with Crippen molar-refractivity contribution in [3.05, 3.63) is 119 Å². The van der Waals surface area contributed by atoms with E-state index in [1.54, 1.807) is 0 Å². The van der Waals surface area contributed by atoms with Gasteiger partial charge in [-0.15, -0.1) is 0 Å². The van der Waals surface area contributed by atoms with Crippen LogP contribution in [0.25, 0.3) is 0 Å². The van der Waals surface area contributed by atoms with Crippen molar-refractivity contribution in [3.63, 3.8) is 0 Å². The Morgan fingerprint density at radius 1 is 0.857 bits per heavy atom. The van der Waals surface area contributed by atoms with Crippen LogP contribution in [0.4, 0.5) is 5.69 Å². The number of hydroxylamine groups is 2. The first-order valence-corrected chi connectivity index (χ1v) is 9.76. The van der Waals surface area contributed by atoms with Gasteiger partial charge in [0.05, 0.1) is 12.7 Å². The van der Waals surface area contributed by atoms with Crippen LogP contribution in [0.15, 0.2) is 91.3 Å². The Morgan fingerprint density at radius 2 is 1.46 bits per heavy atom. The van der Waals surface area contributed by atoms with E-state index in [1.807, 2.05) is 68.7 Å². The summed E-state index contributed by atoms with van der Waals surface area (Å²) in [5.74, 6) is 0. The van der Waals surface area contributed by atoms with E-state index < -0.39 is 4.65 Å². The highest BCUT2D eigenvalue weighted by Crippen LogP contribution is 2.42. The molecule has 0 N–H and O–H groups in total. The average molecular weight is 370 g/mol. The molecular formula is C25H26N2O. The largest absolute Gasteiger partial charge is 0.622 e. The first kappa shape index (κ1) is 18.5. The zero-order valence-corrected chi connectivity index (χ0v) is 16.5. The Kier molecular flexibility index (Phi) is 5.03. The highest BCUT2D eigenvalue weighted by molar-refractivity contribution is 5.60. The molecule has 3 aromatic carbocycles. The van der Waals surface area contributed by atoms with Gasteiger partial charge >= 0.3 is 0 Å². The molecule has 0 radical (unpaired) electrons. The molecule has 1 aliphatic heterocycles.